The molecule has 1 amide bonds. The fraction of sp³-hybridized carbons (Fsp3) is 0.556. The Bertz CT molecular complexity index is 1120. The number of hydrogen-bond donors (Lipinski definition) is 2. The second-order valence-corrected chi connectivity index (χ2v) is 9.74. The molecule has 3 aromatic rings. The van der Waals surface area contributed by atoms with Crippen LogP contribution in [0.4, 0.5) is 5.69 Å². The summed E-state index contributed by atoms with van der Waals surface area (Å²) < 4.78 is 6.85. The number of nitrogens with one attached hydrogen (secondary N) is 2. The minimum atomic E-state index is -0.881. The Kier molecular flexibility index (Phi) is 10.8. The summed E-state index contributed by atoms with van der Waals surface area (Å²) in [5, 5.41) is 10.7. The van der Waals surface area contributed by atoms with E-state index in [0.717, 1.165) is 30.5 Å². The summed E-state index contributed by atoms with van der Waals surface area (Å²) in [5.74, 6) is -1.25. The molecule has 0 saturated heterocycles. The van der Waals surface area contributed by atoms with Crippen molar-refractivity contribution in [1.82, 2.24) is 19.8 Å². The number of hydrogen-bond acceptors (Lipinski definition) is 5. The van der Waals surface area contributed by atoms with Crippen LogP contribution < -0.4 is 5.32 Å². The van der Waals surface area contributed by atoms with Gasteiger partial charge in [-0.1, -0.05) is 76.3 Å². The minimum Gasteiger partial charge on any atom is -0.465 e. The van der Waals surface area contributed by atoms with Crippen molar-refractivity contribution >= 4 is 34.8 Å². The maximum absolute atomic E-state index is 12.5. The molecule has 0 spiro atoms. The average Bonchev–Trinajstić information content (AvgIpc) is 3.40. The summed E-state index contributed by atoms with van der Waals surface area (Å²) in [7, 11) is 0. The fourth-order valence-corrected chi connectivity index (χ4v) is 4.14. The van der Waals surface area contributed by atoms with Crippen LogP contribution in [0, 0.1) is 12.8 Å². The molecule has 2 aromatic heterocycles. The summed E-state index contributed by atoms with van der Waals surface area (Å²) >= 11 is 6.22. The molecule has 0 radical (unpaired) electrons. The second kappa shape index (κ2) is 14.0. The zero-order valence-electron chi connectivity index (χ0n) is 21.6. The number of benzene rings is 1. The molecule has 1 unspecified atom stereocenters. The van der Waals surface area contributed by atoms with Gasteiger partial charge in [-0.05, 0) is 44.5 Å². The number of ether oxygens (including phenoxy) is 1. The van der Waals surface area contributed by atoms with Crippen molar-refractivity contribution in [2.45, 2.75) is 85.0 Å². The van der Waals surface area contributed by atoms with E-state index in [1.807, 2.05) is 6.92 Å². The summed E-state index contributed by atoms with van der Waals surface area (Å²) in [4.78, 5) is 29.2. The van der Waals surface area contributed by atoms with Crippen molar-refractivity contribution in [1.29, 1.82) is 0 Å². The first-order valence-electron chi connectivity index (χ1n) is 13.1. The highest BCUT2D eigenvalue weighted by molar-refractivity contribution is 6.34. The lowest BCUT2D eigenvalue weighted by atomic mass is 10.1. The quantitative estimate of drug-likeness (QED) is 0.133. The number of halogens is 1. The number of nitrogens with zero attached hydrogens (tertiary/aromatic N) is 3. The van der Waals surface area contributed by atoms with Gasteiger partial charge in [0.2, 0.25) is 5.91 Å². The van der Waals surface area contributed by atoms with E-state index in [0.29, 0.717) is 28.8 Å². The van der Waals surface area contributed by atoms with Crippen LogP contribution in [-0.2, 0) is 14.3 Å². The SMILES string of the molecule is CCCCCCCCCCCCOC(=O)C(C)C(=O)Nc1ccc(-c2nc3c(Cl)c(C)[nH]n3n2)cc1. The van der Waals surface area contributed by atoms with Gasteiger partial charge in [0.15, 0.2) is 11.5 Å². The third-order valence-corrected chi connectivity index (χ3v) is 6.76. The molecule has 3 rings (SSSR count). The Morgan fingerprint density at radius 2 is 1.64 bits per heavy atom. The number of aromatic amines is 1. The minimum absolute atomic E-state index is 0.358. The molecule has 8 nitrogen and oxygen atoms in total. The van der Waals surface area contributed by atoms with Gasteiger partial charge in [0.1, 0.15) is 10.9 Å². The van der Waals surface area contributed by atoms with Crippen molar-refractivity contribution in [3.05, 3.63) is 35.0 Å². The molecule has 0 aliphatic rings. The number of fused-ring (bicyclic) bond motifs is 1. The van der Waals surface area contributed by atoms with Crippen molar-refractivity contribution in [3.8, 4) is 11.4 Å². The van der Waals surface area contributed by atoms with Crippen molar-refractivity contribution in [3.63, 3.8) is 0 Å². The zero-order chi connectivity index (χ0) is 25.9. The topological polar surface area (TPSA) is 101 Å². The highest BCUT2D eigenvalue weighted by Gasteiger charge is 2.23. The Morgan fingerprint density at radius 3 is 2.25 bits per heavy atom. The summed E-state index contributed by atoms with van der Waals surface area (Å²) in [6, 6.07) is 7.10. The zero-order valence-corrected chi connectivity index (χ0v) is 22.4. The molecule has 2 N–H and O–H groups in total. The first-order valence-corrected chi connectivity index (χ1v) is 13.5. The smallest absolute Gasteiger partial charge is 0.318 e. The number of H-pyrrole nitrogens is 1. The molecule has 0 aliphatic heterocycles. The molecular weight excluding hydrogens is 478 g/mol. The van der Waals surface area contributed by atoms with Gasteiger partial charge in [0.25, 0.3) is 0 Å². The predicted molar refractivity (Wildman–Crippen MR) is 143 cm³/mol. The van der Waals surface area contributed by atoms with Crippen LogP contribution in [0.2, 0.25) is 5.02 Å². The van der Waals surface area contributed by atoms with E-state index in [4.69, 9.17) is 16.3 Å². The summed E-state index contributed by atoms with van der Waals surface area (Å²) in [6.07, 6.45) is 12.2. The standard InChI is InChI=1S/C27H38ClN5O3/c1-4-5-6-7-8-9-10-11-12-13-18-36-27(35)19(2)26(34)29-22-16-14-21(15-17-22)24-30-25-23(28)20(3)31-33(25)32-24/h14-17,19,31H,4-13,18H2,1-3H3,(H,29,34). The summed E-state index contributed by atoms with van der Waals surface area (Å²) in [6.45, 7) is 6.01. The second-order valence-electron chi connectivity index (χ2n) is 9.36. The maximum atomic E-state index is 12.5. The number of carbonyl (C=O) groups excluding carboxylic acids is 2. The number of esters is 1. The first kappa shape index (κ1) is 27.7. The molecule has 2 heterocycles. The van der Waals surface area contributed by atoms with E-state index in [2.05, 4.69) is 27.4 Å². The molecule has 0 bridgehead atoms. The van der Waals surface area contributed by atoms with Crippen molar-refractivity contribution in [2.24, 2.45) is 5.92 Å². The Morgan fingerprint density at radius 1 is 1.03 bits per heavy atom. The number of carbonyl (C=O) groups is 2. The van der Waals surface area contributed by atoms with Gasteiger partial charge in [0.05, 0.1) is 12.3 Å². The van der Waals surface area contributed by atoms with Crippen LogP contribution in [0.5, 0.6) is 0 Å². The van der Waals surface area contributed by atoms with Gasteiger partial charge in [-0.15, -0.1) is 5.10 Å². The van der Waals surface area contributed by atoms with E-state index in [-0.39, 0.29) is 0 Å². The highest BCUT2D eigenvalue weighted by Crippen LogP contribution is 2.24. The Labute approximate surface area is 218 Å². The van der Waals surface area contributed by atoms with Crippen LogP contribution >= 0.6 is 11.6 Å². The molecule has 196 valence electrons. The Hall–Kier alpha value is -2.87. The van der Waals surface area contributed by atoms with Crippen LogP contribution in [-0.4, -0.2) is 38.3 Å². The van der Waals surface area contributed by atoms with Crippen molar-refractivity contribution < 1.29 is 14.3 Å². The fourth-order valence-electron chi connectivity index (χ4n) is 3.98. The maximum Gasteiger partial charge on any atom is 0.318 e. The number of aryl methyl sites for hydroxylation is 1. The van der Waals surface area contributed by atoms with E-state index in [9.17, 15) is 9.59 Å². The van der Waals surface area contributed by atoms with Gasteiger partial charge < -0.3 is 10.1 Å². The van der Waals surface area contributed by atoms with Crippen LogP contribution in [0.3, 0.4) is 0 Å². The van der Waals surface area contributed by atoms with Crippen LogP contribution in [0.15, 0.2) is 24.3 Å². The van der Waals surface area contributed by atoms with Crippen LogP contribution in [0.25, 0.3) is 17.0 Å². The van der Waals surface area contributed by atoms with E-state index in [1.54, 1.807) is 31.2 Å². The van der Waals surface area contributed by atoms with Gasteiger partial charge in [-0.3, -0.25) is 14.7 Å². The number of rotatable bonds is 15. The molecule has 9 heteroatoms. The van der Waals surface area contributed by atoms with Gasteiger partial charge >= 0.3 is 5.97 Å². The molecule has 1 aromatic carbocycles. The molecule has 0 fully saturated rings. The number of unbranched alkanes of at least 4 members (excludes halogenated alkanes) is 9. The largest absolute Gasteiger partial charge is 0.465 e. The monoisotopic (exact) mass is 515 g/mol. The molecular formula is C27H38ClN5O3. The first-order chi connectivity index (χ1) is 17.4. The van der Waals surface area contributed by atoms with E-state index < -0.39 is 17.8 Å². The lowest BCUT2D eigenvalue weighted by Gasteiger charge is -2.12. The number of anilines is 1. The van der Waals surface area contributed by atoms with Gasteiger partial charge in [-0.2, -0.15) is 4.63 Å². The Balaban J connectivity index is 1.35. The van der Waals surface area contributed by atoms with Gasteiger partial charge in [0, 0.05) is 11.3 Å². The van der Waals surface area contributed by atoms with E-state index in [1.165, 1.54) is 49.6 Å². The third-order valence-electron chi connectivity index (χ3n) is 6.31. The molecule has 0 aliphatic carbocycles. The number of amides is 1. The van der Waals surface area contributed by atoms with Crippen molar-refractivity contribution in [2.75, 3.05) is 11.9 Å². The van der Waals surface area contributed by atoms with Crippen LogP contribution in [0.1, 0.15) is 83.7 Å². The normalized spacial score (nSPS) is 12.1. The number of aromatic nitrogens is 4. The lowest BCUT2D eigenvalue weighted by Crippen LogP contribution is -2.29. The lowest BCUT2D eigenvalue weighted by molar-refractivity contribution is -0.150. The predicted octanol–water partition coefficient (Wildman–Crippen LogP) is 6.72. The summed E-state index contributed by atoms with van der Waals surface area (Å²) in [5.41, 5.74) is 2.72. The molecule has 1 atom stereocenters. The average molecular weight is 516 g/mol. The highest BCUT2D eigenvalue weighted by atomic mass is 35.5. The van der Waals surface area contributed by atoms with Gasteiger partial charge in [-0.25, -0.2) is 4.98 Å². The third kappa shape index (κ3) is 7.82. The molecule has 0 saturated carbocycles. The molecule has 36 heavy (non-hydrogen) atoms. The van der Waals surface area contributed by atoms with E-state index >= 15 is 0 Å².